The van der Waals surface area contributed by atoms with Crippen LogP contribution in [0.3, 0.4) is 0 Å². The molecule has 0 unspecified atom stereocenters. The predicted molar refractivity (Wildman–Crippen MR) is 107 cm³/mol. The van der Waals surface area contributed by atoms with Crippen LogP contribution in [0.5, 0.6) is 0 Å². The third kappa shape index (κ3) is 3.48. The summed E-state index contributed by atoms with van der Waals surface area (Å²) >= 11 is 0. The van der Waals surface area contributed by atoms with Gasteiger partial charge in [0.25, 0.3) is 0 Å². The van der Waals surface area contributed by atoms with Crippen molar-refractivity contribution in [1.82, 2.24) is 0 Å². The van der Waals surface area contributed by atoms with Gasteiger partial charge in [-0.25, -0.2) is 0 Å². The van der Waals surface area contributed by atoms with E-state index in [0.29, 0.717) is 23.8 Å². The van der Waals surface area contributed by atoms with Crippen molar-refractivity contribution in [1.29, 1.82) is 0 Å². The highest BCUT2D eigenvalue weighted by Gasteiger charge is 2.46. The molecule has 1 fully saturated rings. The molecular formula is C24H30O2. The molecule has 1 N–H and O–H groups in total. The van der Waals surface area contributed by atoms with Crippen LogP contribution < -0.4 is 0 Å². The van der Waals surface area contributed by atoms with Gasteiger partial charge in [0.1, 0.15) is 0 Å². The summed E-state index contributed by atoms with van der Waals surface area (Å²) in [4.78, 5) is 13.1. The molecular weight excluding hydrogens is 320 g/mol. The van der Waals surface area contributed by atoms with Gasteiger partial charge in [-0.2, -0.15) is 0 Å². The predicted octanol–water partition coefficient (Wildman–Crippen LogP) is 5.80. The minimum absolute atomic E-state index is 0.0632. The maximum atomic E-state index is 13.1. The minimum atomic E-state index is -1.05. The number of carbonyl (C=O) groups is 1. The van der Waals surface area contributed by atoms with E-state index in [4.69, 9.17) is 0 Å². The molecule has 26 heavy (non-hydrogen) atoms. The lowest BCUT2D eigenvalue weighted by Gasteiger charge is -2.30. The number of rotatable bonds is 5. The molecule has 2 aromatic rings. The van der Waals surface area contributed by atoms with Gasteiger partial charge in [-0.1, -0.05) is 76.2 Å². The first-order valence-electron chi connectivity index (χ1n) is 9.80. The first-order valence-corrected chi connectivity index (χ1v) is 9.80. The van der Waals surface area contributed by atoms with Gasteiger partial charge in [0.15, 0.2) is 5.78 Å². The first kappa shape index (κ1) is 18.8. The molecule has 0 bridgehead atoms. The summed E-state index contributed by atoms with van der Waals surface area (Å²) in [6, 6.07) is 16.1. The Labute approximate surface area is 157 Å². The maximum absolute atomic E-state index is 13.1. The molecule has 2 nitrogen and oxygen atoms in total. The Morgan fingerprint density at radius 2 is 1.42 bits per heavy atom. The fourth-order valence-electron chi connectivity index (χ4n) is 4.07. The topological polar surface area (TPSA) is 37.3 Å². The fraction of sp³-hybridized carbons (Fsp3) is 0.458. The summed E-state index contributed by atoms with van der Waals surface area (Å²) in [6.45, 7) is 8.61. The van der Waals surface area contributed by atoms with Gasteiger partial charge >= 0.3 is 0 Å². The van der Waals surface area contributed by atoms with Crippen molar-refractivity contribution in [2.75, 3.05) is 0 Å². The van der Waals surface area contributed by atoms with Gasteiger partial charge in [0, 0.05) is 5.56 Å². The van der Waals surface area contributed by atoms with Crippen LogP contribution in [0.15, 0.2) is 48.5 Å². The lowest BCUT2D eigenvalue weighted by molar-refractivity contribution is 0.00310. The van der Waals surface area contributed by atoms with Gasteiger partial charge in [0.2, 0.25) is 0 Å². The molecule has 138 valence electrons. The van der Waals surface area contributed by atoms with Gasteiger partial charge in [-0.15, -0.1) is 0 Å². The average molecular weight is 351 g/mol. The van der Waals surface area contributed by atoms with Crippen molar-refractivity contribution in [2.24, 2.45) is 5.92 Å². The Hall–Kier alpha value is -1.93. The molecule has 2 atom stereocenters. The Bertz CT molecular complexity index is 756. The number of Topliss-reactive ketones (excluding diaryl/α,β-unsaturated/α-hetero) is 1. The molecule has 0 radical (unpaired) electrons. The molecule has 2 heteroatoms. The molecule has 1 aliphatic rings. The summed E-state index contributed by atoms with van der Waals surface area (Å²) in [5.74, 6) is 0.603. The second-order valence-corrected chi connectivity index (χ2v) is 8.29. The molecule has 0 aromatic heterocycles. The Balaban J connectivity index is 1.87. The Kier molecular flexibility index (Phi) is 5.34. The van der Waals surface area contributed by atoms with E-state index in [0.717, 1.165) is 18.4 Å². The highest BCUT2D eigenvalue weighted by Crippen LogP contribution is 2.45. The van der Waals surface area contributed by atoms with E-state index < -0.39 is 5.60 Å². The second-order valence-electron chi connectivity index (χ2n) is 8.29. The summed E-state index contributed by atoms with van der Waals surface area (Å²) in [7, 11) is 0. The van der Waals surface area contributed by atoms with Crippen molar-refractivity contribution in [3.63, 3.8) is 0 Å². The smallest absolute Gasteiger partial charge is 0.169 e. The molecule has 0 saturated heterocycles. The number of carbonyl (C=O) groups excluding carboxylic acids is 1. The van der Waals surface area contributed by atoms with E-state index in [-0.39, 0.29) is 11.7 Å². The fourth-order valence-corrected chi connectivity index (χ4v) is 4.07. The number of hydrogen-bond donors (Lipinski definition) is 1. The molecule has 0 heterocycles. The van der Waals surface area contributed by atoms with Crippen LogP contribution in [0.1, 0.15) is 85.8 Å². The standard InChI is InChI=1S/C24H30O2/c1-16(2)18-7-9-20(10-8-18)23(25)22-6-5-15-24(22,26)21-13-11-19(12-14-21)17(3)4/h7-14,16-17,22,26H,5-6,15H2,1-4H3/t22-,24+/m1/s1. The zero-order valence-corrected chi connectivity index (χ0v) is 16.3. The van der Waals surface area contributed by atoms with Gasteiger partial charge in [-0.3, -0.25) is 4.79 Å². The lowest BCUT2D eigenvalue weighted by atomic mass is 9.79. The molecule has 0 amide bonds. The molecule has 0 spiro atoms. The zero-order valence-electron chi connectivity index (χ0n) is 16.3. The maximum Gasteiger partial charge on any atom is 0.169 e. The van der Waals surface area contributed by atoms with Crippen molar-refractivity contribution >= 4 is 5.78 Å². The highest BCUT2D eigenvalue weighted by atomic mass is 16.3. The molecule has 2 aromatic carbocycles. The van der Waals surface area contributed by atoms with E-state index in [1.165, 1.54) is 11.1 Å². The third-order valence-corrected chi connectivity index (χ3v) is 5.88. The van der Waals surface area contributed by atoms with Crippen LogP contribution >= 0.6 is 0 Å². The summed E-state index contributed by atoms with van der Waals surface area (Å²) in [5, 5.41) is 11.4. The summed E-state index contributed by atoms with van der Waals surface area (Å²) in [6.07, 6.45) is 2.27. The normalized spacial score (nSPS) is 23.0. The van der Waals surface area contributed by atoms with Crippen molar-refractivity contribution in [2.45, 2.75) is 64.4 Å². The molecule has 1 aliphatic carbocycles. The van der Waals surface area contributed by atoms with Crippen molar-refractivity contribution < 1.29 is 9.90 Å². The molecule has 3 rings (SSSR count). The van der Waals surface area contributed by atoms with Crippen LogP contribution in [0.25, 0.3) is 0 Å². The van der Waals surface area contributed by atoms with Crippen LogP contribution in [-0.4, -0.2) is 10.9 Å². The van der Waals surface area contributed by atoms with Crippen LogP contribution in [-0.2, 0) is 5.60 Å². The SMILES string of the molecule is CC(C)c1ccc(C(=O)[C@H]2CCC[C@]2(O)c2ccc(C(C)C)cc2)cc1. The number of aliphatic hydroxyl groups is 1. The summed E-state index contributed by atoms with van der Waals surface area (Å²) < 4.78 is 0. The largest absolute Gasteiger partial charge is 0.384 e. The van der Waals surface area contributed by atoms with Crippen LogP contribution in [0.4, 0.5) is 0 Å². The van der Waals surface area contributed by atoms with E-state index in [1.54, 1.807) is 0 Å². The van der Waals surface area contributed by atoms with Gasteiger partial charge < -0.3 is 5.11 Å². The lowest BCUT2D eigenvalue weighted by Crippen LogP contribution is -2.35. The third-order valence-electron chi connectivity index (χ3n) is 5.88. The van der Waals surface area contributed by atoms with Crippen molar-refractivity contribution in [3.05, 3.63) is 70.8 Å². The van der Waals surface area contributed by atoms with Gasteiger partial charge in [-0.05, 0) is 47.8 Å². The van der Waals surface area contributed by atoms with Crippen LogP contribution in [0.2, 0.25) is 0 Å². The number of hydrogen-bond acceptors (Lipinski definition) is 2. The first-order chi connectivity index (χ1) is 12.3. The number of benzene rings is 2. The molecule has 0 aliphatic heterocycles. The number of ketones is 1. The second kappa shape index (κ2) is 7.36. The highest BCUT2D eigenvalue weighted by molar-refractivity contribution is 5.99. The van der Waals surface area contributed by atoms with E-state index in [1.807, 2.05) is 36.4 Å². The monoisotopic (exact) mass is 350 g/mol. The van der Waals surface area contributed by atoms with Gasteiger partial charge in [0.05, 0.1) is 11.5 Å². The average Bonchev–Trinajstić information content (AvgIpc) is 3.04. The minimum Gasteiger partial charge on any atom is -0.384 e. The Morgan fingerprint density at radius 3 is 1.92 bits per heavy atom. The van der Waals surface area contributed by atoms with Crippen LogP contribution in [0, 0.1) is 5.92 Å². The Morgan fingerprint density at radius 1 is 0.923 bits per heavy atom. The van der Waals surface area contributed by atoms with Crippen molar-refractivity contribution in [3.8, 4) is 0 Å². The molecule has 1 saturated carbocycles. The zero-order chi connectivity index (χ0) is 18.9. The summed E-state index contributed by atoms with van der Waals surface area (Å²) in [5.41, 5.74) is 3.01. The van der Waals surface area contributed by atoms with E-state index >= 15 is 0 Å². The van der Waals surface area contributed by atoms with E-state index in [9.17, 15) is 9.90 Å². The van der Waals surface area contributed by atoms with E-state index in [2.05, 4.69) is 39.8 Å². The quantitative estimate of drug-likeness (QED) is 0.692.